The minimum atomic E-state index is 0.138. The van der Waals surface area contributed by atoms with Crippen LogP contribution in [0.3, 0.4) is 0 Å². The first kappa shape index (κ1) is 15.2. The van der Waals surface area contributed by atoms with E-state index in [2.05, 4.69) is 28.6 Å². The summed E-state index contributed by atoms with van der Waals surface area (Å²) >= 11 is 0. The lowest BCUT2D eigenvalue weighted by Crippen LogP contribution is -2.49. The van der Waals surface area contributed by atoms with Crippen LogP contribution >= 0.6 is 0 Å². The minimum absolute atomic E-state index is 0.138. The molecule has 5 heteroatoms. The van der Waals surface area contributed by atoms with Gasteiger partial charge in [0.2, 0.25) is 11.8 Å². The predicted octanol–water partition coefficient (Wildman–Crippen LogP) is 2.23. The maximum atomic E-state index is 12.5. The summed E-state index contributed by atoms with van der Waals surface area (Å²) in [6.07, 6.45) is 5.97. The highest BCUT2D eigenvalue weighted by Crippen LogP contribution is 2.26. The third-order valence-corrected chi connectivity index (χ3v) is 5.41. The molecule has 2 aliphatic rings. The van der Waals surface area contributed by atoms with Gasteiger partial charge in [-0.2, -0.15) is 0 Å². The monoisotopic (exact) mass is 325 g/mol. The number of benzene rings is 1. The SMILES string of the molecule is O=C1C[C@H]2CCN(C(=O)CCCc3c[nH]c4ccccc34)C[C@H]2N1. The highest BCUT2D eigenvalue weighted by atomic mass is 16.2. The lowest BCUT2D eigenvalue weighted by molar-refractivity contribution is -0.133. The largest absolute Gasteiger partial charge is 0.361 e. The fourth-order valence-electron chi connectivity index (χ4n) is 4.07. The number of hydrogen-bond donors (Lipinski definition) is 2. The number of likely N-dealkylation sites (tertiary alicyclic amines) is 1. The zero-order valence-corrected chi connectivity index (χ0v) is 13.8. The van der Waals surface area contributed by atoms with Crippen molar-refractivity contribution in [3.8, 4) is 0 Å². The van der Waals surface area contributed by atoms with Crippen molar-refractivity contribution in [3.63, 3.8) is 0 Å². The third-order valence-electron chi connectivity index (χ3n) is 5.41. The summed E-state index contributed by atoms with van der Waals surface area (Å²) < 4.78 is 0. The number of amides is 2. The van der Waals surface area contributed by atoms with Crippen LogP contribution in [0.4, 0.5) is 0 Å². The standard InChI is InChI=1S/C19H23N3O2/c23-18-10-13-8-9-22(12-17(13)21-18)19(24)7-3-4-14-11-20-16-6-2-1-5-15(14)16/h1-2,5-6,11,13,17,20H,3-4,7-10,12H2,(H,21,23)/t13-,17-/m1/s1. The first-order chi connectivity index (χ1) is 11.7. The van der Waals surface area contributed by atoms with Gasteiger partial charge in [-0.05, 0) is 36.8 Å². The average Bonchev–Trinajstić information content (AvgIpc) is 3.16. The van der Waals surface area contributed by atoms with Crippen LogP contribution in [0.1, 0.15) is 31.2 Å². The fraction of sp³-hybridized carbons (Fsp3) is 0.474. The molecule has 2 aromatic rings. The van der Waals surface area contributed by atoms with E-state index in [9.17, 15) is 9.59 Å². The number of aromatic nitrogens is 1. The molecule has 0 radical (unpaired) electrons. The van der Waals surface area contributed by atoms with Gasteiger partial charge in [0.25, 0.3) is 0 Å². The van der Waals surface area contributed by atoms with E-state index in [4.69, 9.17) is 0 Å². The molecule has 1 aromatic heterocycles. The zero-order chi connectivity index (χ0) is 16.5. The summed E-state index contributed by atoms with van der Waals surface area (Å²) in [4.78, 5) is 29.2. The van der Waals surface area contributed by atoms with Crippen LogP contribution in [0, 0.1) is 5.92 Å². The highest BCUT2D eigenvalue weighted by molar-refractivity contribution is 5.83. The minimum Gasteiger partial charge on any atom is -0.361 e. The molecule has 0 bridgehead atoms. The molecular formula is C19H23N3O2. The van der Waals surface area contributed by atoms with Gasteiger partial charge in [0.05, 0.1) is 0 Å². The van der Waals surface area contributed by atoms with Gasteiger partial charge in [-0.1, -0.05) is 18.2 Å². The van der Waals surface area contributed by atoms with E-state index in [-0.39, 0.29) is 17.9 Å². The van der Waals surface area contributed by atoms with Crippen molar-refractivity contribution in [1.82, 2.24) is 15.2 Å². The number of fused-ring (bicyclic) bond motifs is 2. The molecule has 5 nitrogen and oxygen atoms in total. The Morgan fingerprint density at radius 3 is 3.08 bits per heavy atom. The summed E-state index contributed by atoms with van der Waals surface area (Å²) in [5, 5.41) is 4.25. The number of aryl methyl sites for hydroxylation is 1. The Balaban J connectivity index is 1.30. The zero-order valence-electron chi connectivity index (χ0n) is 13.8. The van der Waals surface area contributed by atoms with Crippen molar-refractivity contribution in [2.75, 3.05) is 13.1 Å². The van der Waals surface area contributed by atoms with Gasteiger partial charge in [-0.15, -0.1) is 0 Å². The Hall–Kier alpha value is -2.30. The quantitative estimate of drug-likeness (QED) is 0.905. The summed E-state index contributed by atoms with van der Waals surface area (Å²) in [7, 11) is 0. The number of nitrogens with zero attached hydrogens (tertiary/aromatic N) is 1. The van der Waals surface area contributed by atoms with E-state index in [1.807, 2.05) is 17.0 Å². The summed E-state index contributed by atoms with van der Waals surface area (Å²) in [6, 6.07) is 8.44. The number of hydrogen-bond acceptors (Lipinski definition) is 2. The molecule has 3 heterocycles. The van der Waals surface area contributed by atoms with Gasteiger partial charge in [0.1, 0.15) is 0 Å². The van der Waals surface area contributed by atoms with Crippen molar-refractivity contribution in [2.24, 2.45) is 5.92 Å². The highest BCUT2D eigenvalue weighted by Gasteiger charge is 2.37. The Morgan fingerprint density at radius 2 is 2.17 bits per heavy atom. The number of para-hydroxylation sites is 1. The molecule has 2 saturated heterocycles. The van der Waals surface area contributed by atoms with Crippen LogP contribution in [0.25, 0.3) is 10.9 Å². The second-order valence-corrected chi connectivity index (χ2v) is 6.98. The van der Waals surface area contributed by atoms with Gasteiger partial charge in [0.15, 0.2) is 0 Å². The molecule has 1 aromatic carbocycles. The number of rotatable bonds is 4. The van der Waals surface area contributed by atoms with E-state index >= 15 is 0 Å². The topological polar surface area (TPSA) is 65.2 Å². The van der Waals surface area contributed by atoms with Crippen LogP contribution in [0.2, 0.25) is 0 Å². The van der Waals surface area contributed by atoms with Gasteiger partial charge in [-0.25, -0.2) is 0 Å². The van der Waals surface area contributed by atoms with Crippen LogP contribution in [-0.2, 0) is 16.0 Å². The molecule has 0 aliphatic carbocycles. The second kappa shape index (κ2) is 6.30. The number of carbonyl (C=O) groups is 2. The number of carbonyl (C=O) groups excluding carboxylic acids is 2. The van der Waals surface area contributed by atoms with Crippen molar-refractivity contribution in [2.45, 2.75) is 38.1 Å². The molecule has 126 valence electrons. The summed E-state index contributed by atoms with van der Waals surface area (Å²) in [5.74, 6) is 0.779. The number of nitrogens with one attached hydrogen (secondary N) is 2. The molecule has 0 saturated carbocycles. The Labute approximate surface area is 141 Å². The maximum Gasteiger partial charge on any atom is 0.222 e. The Morgan fingerprint density at radius 1 is 1.29 bits per heavy atom. The maximum absolute atomic E-state index is 12.5. The third kappa shape index (κ3) is 2.90. The summed E-state index contributed by atoms with van der Waals surface area (Å²) in [5.41, 5.74) is 2.43. The van der Waals surface area contributed by atoms with Gasteiger partial charge >= 0.3 is 0 Å². The van der Waals surface area contributed by atoms with Crippen LogP contribution < -0.4 is 5.32 Å². The van der Waals surface area contributed by atoms with Gasteiger partial charge < -0.3 is 15.2 Å². The molecule has 2 atom stereocenters. The predicted molar refractivity (Wildman–Crippen MR) is 92.5 cm³/mol. The molecule has 2 fully saturated rings. The molecule has 0 unspecified atom stereocenters. The molecule has 2 amide bonds. The molecule has 24 heavy (non-hydrogen) atoms. The lowest BCUT2D eigenvalue weighted by atomic mass is 9.92. The molecule has 2 N–H and O–H groups in total. The summed E-state index contributed by atoms with van der Waals surface area (Å²) in [6.45, 7) is 1.48. The van der Waals surface area contributed by atoms with E-state index in [0.717, 1.165) is 31.3 Å². The van der Waals surface area contributed by atoms with Crippen molar-refractivity contribution >= 4 is 22.7 Å². The second-order valence-electron chi connectivity index (χ2n) is 6.98. The van der Waals surface area contributed by atoms with Crippen LogP contribution in [0.5, 0.6) is 0 Å². The number of H-pyrrole nitrogens is 1. The average molecular weight is 325 g/mol. The number of piperidine rings is 1. The van der Waals surface area contributed by atoms with Crippen molar-refractivity contribution in [1.29, 1.82) is 0 Å². The molecule has 4 rings (SSSR count). The molecular weight excluding hydrogens is 302 g/mol. The molecule has 0 spiro atoms. The Bertz CT molecular complexity index is 767. The van der Waals surface area contributed by atoms with E-state index < -0.39 is 0 Å². The molecule has 2 aliphatic heterocycles. The first-order valence-corrected chi connectivity index (χ1v) is 8.83. The van der Waals surface area contributed by atoms with E-state index in [1.54, 1.807) is 0 Å². The smallest absolute Gasteiger partial charge is 0.222 e. The van der Waals surface area contributed by atoms with E-state index in [1.165, 1.54) is 10.9 Å². The van der Waals surface area contributed by atoms with Gasteiger partial charge in [-0.3, -0.25) is 9.59 Å². The van der Waals surface area contributed by atoms with Crippen LogP contribution in [-0.4, -0.2) is 40.8 Å². The van der Waals surface area contributed by atoms with E-state index in [0.29, 0.717) is 25.3 Å². The van der Waals surface area contributed by atoms with Crippen molar-refractivity contribution < 1.29 is 9.59 Å². The Kier molecular flexibility index (Phi) is 4.00. The van der Waals surface area contributed by atoms with Crippen LogP contribution in [0.15, 0.2) is 30.5 Å². The van der Waals surface area contributed by atoms with Crippen molar-refractivity contribution in [3.05, 3.63) is 36.0 Å². The first-order valence-electron chi connectivity index (χ1n) is 8.83. The lowest BCUT2D eigenvalue weighted by Gasteiger charge is -2.34. The number of aromatic amines is 1. The normalized spacial score (nSPS) is 23.3. The fourth-order valence-corrected chi connectivity index (χ4v) is 4.07. The van der Waals surface area contributed by atoms with Gasteiger partial charge in [0, 0.05) is 49.1 Å².